The Hall–Kier alpha value is -0.290. The van der Waals surface area contributed by atoms with Crippen molar-refractivity contribution in [3.63, 3.8) is 0 Å². The molecule has 3 nitrogen and oxygen atoms in total. The van der Waals surface area contributed by atoms with E-state index in [4.69, 9.17) is 23.2 Å². The molecule has 20 heavy (non-hydrogen) atoms. The third kappa shape index (κ3) is 4.92. The van der Waals surface area contributed by atoms with Crippen LogP contribution in [0.5, 0.6) is 0 Å². The van der Waals surface area contributed by atoms with Gasteiger partial charge in [0.25, 0.3) is 0 Å². The third-order valence-electron chi connectivity index (χ3n) is 3.37. The van der Waals surface area contributed by atoms with Crippen LogP contribution in [0.4, 0.5) is 0 Å². The molecular formula is C14H21Cl2NO2S. The van der Waals surface area contributed by atoms with E-state index in [1.165, 1.54) is 18.2 Å². The van der Waals surface area contributed by atoms with Crippen molar-refractivity contribution in [2.45, 2.75) is 32.6 Å². The van der Waals surface area contributed by atoms with Gasteiger partial charge in [0.15, 0.2) is 0 Å². The van der Waals surface area contributed by atoms with Crippen molar-refractivity contribution in [1.29, 1.82) is 0 Å². The largest absolute Gasteiger partial charge is 0.240 e. The molecule has 6 heteroatoms. The smallest absolute Gasteiger partial charge is 0.211 e. The van der Waals surface area contributed by atoms with E-state index in [0.717, 1.165) is 0 Å². The predicted molar refractivity (Wildman–Crippen MR) is 84.8 cm³/mol. The highest BCUT2D eigenvalue weighted by atomic mass is 35.5. The van der Waals surface area contributed by atoms with Crippen molar-refractivity contribution in [2.75, 3.05) is 6.54 Å². The van der Waals surface area contributed by atoms with Crippen LogP contribution < -0.4 is 4.72 Å². The molecule has 0 radical (unpaired) electrons. The number of nitrogens with one attached hydrogen (secondary N) is 1. The molecule has 0 aliphatic heterocycles. The van der Waals surface area contributed by atoms with Gasteiger partial charge in [-0.15, -0.1) is 0 Å². The minimum absolute atomic E-state index is 0.0984. The minimum Gasteiger partial charge on any atom is -0.211 e. The summed E-state index contributed by atoms with van der Waals surface area (Å²) in [5, 5.41) is 0.615. The van der Waals surface area contributed by atoms with Crippen molar-refractivity contribution in [3.8, 4) is 0 Å². The fourth-order valence-corrected chi connectivity index (χ4v) is 4.01. The van der Waals surface area contributed by atoms with E-state index in [2.05, 4.69) is 32.4 Å². The molecule has 1 N–H and O–H groups in total. The highest BCUT2D eigenvalue weighted by molar-refractivity contribution is 7.89. The summed E-state index contributed by atoms with van der Waals surface area (Å²) < 4.78 is 27.2. The Kier molecular flexibility index (Phi) is 6.32. The van der Waals surface area contributed by atoms with Crippen molar-refractivity contribution >= 4 is 33.2 Å². The molecule has 0 atom stereocenters. The van der Waals surface area contributed by atoms with Gasteiger partial charge in [0.2, 0.25) is 10.0 Å². The van der Waals surface area contributed by atoms with Gasteiger partial charge in [-0.2, -0.15) is 0 Å². The quantitative estimate of drug-likeness (QED) is 0.845. The molecule has 0 spiro atoms. The molecule has 1 aromatic rings. The SMILES string of the molecule is CC(C)C(CNS(=O)(=O)c1cc(Cl)cc(Cl)c1)C(C)C. The molecule has 0 amide bonds. The van der Waals surface area contributed by atoms with E-state index in [-0.39, 0.29) is 10.8 Å². The fraction of sp³-hybridized carbons (Fsp3) is 0.571. The van der Waals surface area contributed by atoms with E-state index in [0.29, 0.717) is 28.4 Å². The summed E-state index contributed by atoms with van der Waals surface area (Å²) >= 11 is 11.7. The van der Waals surface area contributed by atoms with E-state index in [1.807, 2.05) is 0 Å². The maximum Gasteiger partial charge on any atom is 0.240 e. The highest BCUT2D eigenvalue weighted by Gasteiger charge is 2.22. The lowest BCUT2D eigenvalue weighted by Gasteiger charge is -2.25. The van der Waals surface area contributed by atoms with Crippen LogP contribution in [0.3, 0.4) is 0 Å². The van der Waals surface area contributed by atoms with Crippen molar-refractivity contribution in [1.82, 2.24) is 4.72 Å². The molecule has 0 heterocycles. The van der Waals surface area contributed by atoms with E-state index < -0.39 is 10.0 Å². The first-order chi connectivity index (χ1) is 9.13. The van der Waals surface area contributed by atoms with Crippen molar-refractivity contribution in [2.24, 2.45) is 17.8 Å². The number of hydrogen-bond acceptors (Lipinski definition) is 2. The van der Waals surface area contributed by atoms with Gasteiger partial charge in [0.1, 0.15) is 0 Å². The van der Waals surface area contributed by atoms with Gasteiger partial charge in [-0.05, 0) is 36.0 Å². The second-order valence-electron chi connectivity index (χ2n) is 5.61. The molecule has 0 saturated heterocycles. The molecule has 0 aliphatic carbocycles. The summed E-state index contributed by atoms with van der Waals surface area (Å²) in [4.78, 5) is 0.0984. The molecule has 0 aliphatic rings. The summed E-state index contributed by atoms with van der Waals surface area (Å²) in [6.07, 6.45) is 0. The van der Waals surface area contributed by atoms with Crippen molar-refractivity contribution < 1.29 is 8.42 Å². The standard InChI is InChI=1S/C14H21Cl2NO2S/c1-9(2)14(10(3)4)8-17-20(18,19)13-6-11(15)5-12(16)7-13/h5-7,9-10,14,17H,8H2,1-4H3. The minimum atomic E-state index is -3.59. The lowest BCUT2D eigenvalue weighted by Crippen LogP contribution is -2.34. The molecule has 1 rings (SSSR count). The Morgan fingerprint density at radius 3 is 1.85 bits per heavy atom. The Labute approximate surface area is 131 Å². The van der Waals surface area contributed by atoms with Gasteiger partial charge < -0.3 is 0 Å². The highest BCUT2D eigenvalue weighted by Crippen LogP contribution is 2.24. The van der Waals surface area contributed by atoms with Crippen molar-refractivity contribution in [3.05, 3.63) is 28.2 Å². The zero-order valence-corrected chi connectivity index (χ0v) is 14.5. The van der Waals surface area contributed by atoms with Crippen LogP contribution in [-0.2, 0) is 10.0 Å². The van der Waals surface area contributed by atoms with Crippen LogP contribution in [0.15, 0.2) is 23.1 Å². The topological polar surface area (TPSA) is 46.2 Å². The molecule has 0 fully saturated rings. The zero-order valence-electron chi connectivity index (χ0n) is 12.2. The number of halogens is 2. The van der Waals surface area contributed by atoms with E-state index in [9.17, 15) is 8.42 Å². The average molecular weight is 338 g/mol. The van der Waals surface area contributed by atoms with Crippen LogP contribution in [-0.4, -0.2) is 15.0 Å². The van der Waals surface area contributed by atoms with Gasteiger partial charge in [-0.25, -0.2) is 13.1 Å². The van der Waals surface area contributed by atoms with Gasteiger partial charge in [-0.3, -0.25) is 0 Å². The molecule has 114 valence electrons. The lowest BCUT2D eigenvalue weighted by molar-refractivity contribution is 0.289. The lowest BCUT2D eigenvalue weighted by atomic mass is 9.86. The fourth-order valence-electron chi connectivity index (χ4n) is 2.21. The number of sulfonamides is 1. The van der Waals surface area contributed by atoms with Crippen LogP contribution >= 0.6 is 23.2 Å². The number of rotatable bonds is 6. The van der Waals surface area contributed by atoms with Gasteiger partial charge in [0.05, 0.1) is 4.90 Å². The molecule has 0 aromatic heterocycles. The van der Waals surface area contributed by atoms with Crippen LogP contribution in [0, 0.1) is 17.8 Å². The predicted octanol–water partition coefficient (Wildman–Crippen LogP) is 4.20. The molecule has 0 saturated carbocycles. The average Bonchev–Trinajstić information content (AvgIpc) is 2.26. The molecule has 1 aromatic carbocycles. The second kappa shape index (κ2) is 7.12. The normalized spacial score (nSPS) is 12.7. The maximum atomic E-state index is 12.3. The Balaban J connectivity index is 2.90. The van der Waals surface area contributed by atoms with E-state index in [1.54, 1.807) is 0 Å². The first kappa shape index (κ1) is 17.8. The number of benzene rings is 1. The molecule has 0 unspecified atom stereocenters. The maximum absolute atomic E-state index is 12.3. The molecular weight excluding hydrogens is 317 g/mol. The molecule has 0 bridgehead atoms. The first-order valence-electron chi connectivity index (χ1n) is 6.59. The number of hydrogen-bond donors (Lipinski definition) is 1. The van der Waals surface area contributed by atoms with Gasteiger partial charge >= 0.3 is 0 Å². The van der Waals surface area contributed by atoms with E-state index >= 15 is 0 Å². The summed E-state index contributed by atoms with van der Waals surface area (Å²) in [6.45, 7) is 8.77. The second-order valence-corrected chi connectivity index (χ2v) is 8.25. The Bertz CT molecular complexity index is 528. The van der Waals surface area contributed by atoms with Gasteiger partial charge in [-0.1, -0.05) is 50.9 Å². The summed E-state index contributed by atoms with van der Waals surface area (Å²) in [6, 6.07) is 4.30. The van der Waals surface area contributed by atoms with Crippen LogP contribution in [0.25, 0.3) is 0 Å². The zero-order chi connectivity index (χ0) is 15.5. The summed E-state index contributed by atoms with van der Waals surface area (Å²) in [5.41, 5.74) is 0. The summed E-state index contributed by atoms with van der Waals surface area (Å²) in [7, 11) is -3.59. The third-order valence-corrected chi connectivity index (χ3v) is 5.21. The van der Waals surface area contributed by atoms with Crippen LogP contribution in [0.1, 0.15) is 27.7 Å². The first-order valence-corrected chi connectivity index (χ1v) is 8.83. The van der Waals surface area contributed by atoms with Gasteiger partial charge in [0, 0.05) is 16.6 Å². The summed E-state index contributed by atoms with van der Waals surface area (Å²) in [5.74, 6) is 1.08. The monoisotopic (exact) mass is 337 g/mol. The Morgan fingerprint density at radius 1 is 1.00 bits per heavy atom. The Morgan fingerprint density at radius 2 is 1.45 bits per heavy atom. The van der Waals surface area contributed by atoms with Crippen LogP contribution in [0.2, 0.25) is 10.0 Å².